The van der Waals surface area contributed by atoms with Gasteiger partial charge in [-0.2, -0.15) is 16.7 Å². The van der Waals surface area contributed by atoms with Gasteiger partial charge in [-0.25, -0.2) is 4.79 Å². The summed E-state index contributed by atoms with van der Waals surface area (Å²) in [6.07, 6.45) is 1.53. The second kappa shape index (κ2) is 8.57. The Balaban J connectivity index is 2.28. The largest absolute Gasteiger partial charge is 0.480 e. The molecule has 0 aliphatic heterocycles. The third kappa shape index (κ3) is 6.05. The Bertz CT molecular complexity index is 436. The molecule has 1 rings (SSSR count). The minimum Gasteiger partial charge on any atom is -0.480 e. The fourth-order valence-electron chi connectivity index (χ4n) is 1.52. The number of carboxylic acids is 1. The molecule has 0 aliphatic rings. The first-order valence-electron chi connectivity index (χ1n) is 6.34. The van der Waals surface area contributed by atoms with Gasteiger partial charge in [0.2, 0.25) is 12.3 Å². The van der Waals surface area contributed by atoms with Crippen molar-refractivity contribution in [3.8, 4) is 0 Å². The van der Waals surface area contributed by atoms with Crippen LogP contribution in [0.1, 0.15) is 32.0 Å². The number of aliphatic carboxylic acids is 1. The molecule has 112 valence electrons. The highest BCUT2D eigenvalue weighted by Crippen LogP contribution is 2.13. The van der Waals surface area contributed by atoms with Crippen LogP contribution < -0.4 is 5.32 Å². The van der Waals surface area contributed by atoms with Crippen LogP contribution in [0.2, 0.25) is 0 Å². The van der Waals surface area contributed by atoms with E-state index in [9.17, 15) is 9.59 Å². The SMILES string of the molecule is CC(C)Cc1noc(CSCCC(NC=O)C(=O)O)n1. The number of carbonyl (C=O) groups excluding carboxylic acids is 1. The second-order valence-electron chi connectivity index (χ2n) is 4.72. The average molecular weight is 301 g/mol. The first kappa shape index (κ1) is 16.5. The lowest BCUT2D eigenvalue weighted by Gasteiger charge is -2.09. The summed E-state index contributed by atoms with van der Waals surface area (Å²) in [4.78, 5) is 25.3. The van der Waals surface area contributed by atoms with E-state index in [0.29, 0.717) is 42.0 Å². The summed E-state index contributed by atoms with van der Waals surface area (Å²) in [6, 6.07) is -0.848. The monoisotopic (exact) mass is 301 g/mol. The molecule has 8 heteroatoms. The molecule has 0 saturated carbocycles. The molecule has 20 heavy (non-hydrogen) atoms. The summed E-state index contributed by atoms with van der Waals surface area (Å²) in [6.45, 7) is 4.16. The fraction of sp³-hybridized carbons (Fsp3) is 0.667. The number of nitrogens with zero attached hydrogens (tertiary/aromatic N) is 2. The van der Waals surface area contributed by atoms with E-state index in [1.54, 1.807) is 0 Å². The first-order chi connectivity index (χ1) is 9.52. The van der Waals surface area contributed by atoms with Crippen molar-refractivity contribution in [1.82, 2.24) is 15.5 Å². The van der Waals surface area contributed by atoms with Gasteiger partial charge in [-0.15, -0.1) is 0 Å². The number of carbonyl (C=O) groups is 2. The maximum atomic E-state index is 10.8. The minimum absolute atomic E-state index is 0.353. The molecule has 0 radical (unpaired) electrons. The fourth-order valence-corrected chi connectivity index (χ4v) is 2.36. The van der Waals surface area contributed by atoms with Gasteiger partial charge in [0.15, 0.2) is 5.82 Å². The van der Waals surface area contributed by atoms with Crippen LogP contribution in [0, 0.1) is 5.92 Å². The molecule has 1 aromatic rings. The zero-order valence-electron chi connectivity index (χ0n) is 11.5. The number of amides is 1. The molecule has 0 fully saturated rings. The molecular weight excluding hydrogens is 282 g/mol. The molecule has 1 aromatic heterocycles. The predicted octanol–water partition coefficient (Wildman–Crippen LogP) is 1.09. The van der Waals surface area contributed by atoms with Crippen molar-refractivity contribution < 1.29 is 19.2 Å². The Morgan fingerprint density at radius 2 is 2.30 bits per heavy atom. The molecule has 7 nitrogen and oxygen atoms in total. The van der Waals surface area contributed by atoms with Crippen molar-refractivity contribution >= 4 is 24.1 Å². The molecule has 0 aromatic carbocycles. The van der Waals surface area contributed by atoms with Gasteiger partial charge in [0.05, 0.1) is 5.75 Å². The van der Waals surface area contributed by atoms with Crippen molar-refractivity contribution in [3.05, 3.63) is 11.7 Å². The van der Waals surface area contributed by atoms with Gasteiger partial charge in [-0.1, -0.05) is 19.0 Å². The summed E-state index contributed by atoms with van der Waals surface area (Å²) >= 11 is 1.49. The van der Waals surface area contributed by atoms with Gasteiger partial charge in [0.25, 0.3) is 0 Å². The topological polar surface area (TPSA) is 105 Å². The van der Waals surface area contributed by atoms with Crippen LogP contribution in [0.5, 0.6) is 0 Å². The van der Waals surface area contributed by atoms with E-state index in [0.717, 1.165) is 6.42 Å². The highest BCUT2D eigenvalue weighted by Gasteiger charge is 2.16. The van der Waals surface area contributed by atoms with Crippen LogP contribution in [-0.2, 0) is 21.8 Å². The zero-order valence-corrected chi connectivity index (χ0v) is 12.4. The smallest absolute Gasteiger partial charge is 0.326 e. The second-order valence-corrected chi connectivity index (χ2v) is 5.82. The maximum Gasteiger partial charge on any atom is 0.326 e. The number of nitrogens with one attached hydrogen (secondary N) is 1. The molecule has 0 saturated heterocycles. The maximum absolute atomic E-state index is 10.8. The van der Waals surface area contributed by atoms with Gasteiger partial charge in [-0.05, 0) is 18.1 Å². The zero-order chi connectivity index (χ0) is 15.0. The van der Waals surface area contributed by atoms with Gasteiger partial charge >= 0.3 is 5.97 Å². The standard InChI is InChI=1S/C12H19N3O4S/c1-8(2)5-10-14-11(19-15-10)6-20-4-3-9(12(17)18)13-7-16/h7-9H,3-6H2,1-2H3,(H,13,16)(H,17,18). The Labute approximate surface area is 121 Å². The summed E-state index contributed by atoms with van der Waals surface area (Å²) < 4.78 is 5.10. The van der Waals surface area contributed by atoms with Crippen LogP contribution in [0.15, 0.2) is 4.52 Å². The van der Waals surface area contributed by atoms with E-state index in [-0.39, 0.29) is 0 Å². The number of carboxylic acid groups (broad SMARTS) is 1. The lowest BCUT2D eigenvalue weighted by atomic mass is 10.1. The van der Waals surface area contributed by atoms with Crippen molar-refractivity contribution in [3.63, 3.8) is 0 Å². The number of thioether (sulfide) groups is 1. The summed E-state index contributed by atoms with van der Waals surface area (Å²) in [5, 5.41) is 15.0. The number of hydrogen-bond donors (Lipinski definition) is 2. The van der Waals surface area contributed by atoms with Gasteiger partial charge in [0, 0.05) is 6.42 Å². The normalized spacial score (nSPS) is 12.3. The van der Waals surface area contributed by atoms with E-state index < -0.39 is 12.0 Å². The number of aromatic nitrogens is 2. The van der Waals surface area contributed by atoms with Crippen LogP contribution >= 0.6 is 11.8 Å². The van der Waals surface area contributed by atoms with Gasteiger partial charge < -0.3 is 14.9 Å². The van der Waals surface area contributed by atoms with E-state index in [1.807, 2.05) is 0 Å². The van der Waals surface area contributed by atoms with E-state index in [2.05, 4.69) is 29.3 Å². The van der Waals surface area contributed by atoms with Gasteiger partial charge in [0.1, 0.15) is 6.04 Å². The highest BCUT2D eigenvalue weighted by molar-refractivity contribution is 7.98. The molecule has 0 bridgehead atoms. The minimum atomic E-state index is -1.03. The van der Waals surface area contributed by atoms with Crippen molar-refractivity contribution in [1.29, 1.82) is 0 Å². The van der Waals surface area contributed by atoms with Crippen LogP contribution in [-0.4, -0.2) is 39.4 Å². The van der Waals surface area contributed by atoms with Crippen molar-refractivity contribution in [2.45, 2.75) is 38.5 Å². The molecule has 1 amide bonds. The predicted molar refractivity (Wildman–Crippen MR) is 74.2 cm³/mol. The van der Waals surface area contributed by atoms with E-state index in [1.165, 1.54) is 11.8 Å². The molecular formula is C12H19N3O4S. The molecule has 0 spiro atoms. The molecule has 0 aliphatic carbocycles. The van der Waals surface area contributed by atoms with E-state index in [4.69, 9.17) is 9.63 Å². The summed E-state index contributed by atoms with van der Waals surface area (Å²) in [7, 11) is 0. The Morgan fingerprint density at radius 1 is 1.55 bits per heavy atom. The first-order valence-corrected chi connectivity index (χ1v) is 7.50. The van der Waals surface area contributed by atoms with Gasteiger partial charge in [-0.3, -0.25) is 4.79 Å². The summed E-state index contributed by atoms with van der Waals surface area (Å²) in [5.41, 5.74) is 0. The highest BCUT2D eigenvalue weighted by atomic mass is 32.2. The molecule has 1 atom stereocenters. The average Bonchev–Trinajstić information content (AvgIpc) is 2.79. The Morgan fingerprint density at radius 3 is 2.90 bits per heavy atom. The number of rotatable bonds is 10. The van der Waals surface area contributed by atoms with Crippen LogP contribution in [0.25, 0.3) is 0 Å². The molecule has 2 N–H and O–H groups in total. The van der Waals surface area contributed by atoms with E-state index >= 15 is 0 Å². The molecule has 1 heterocycles. The molecule has 1 unspecified atom stereocenters. The Hall–Kier alpha value is -1.57. The van der Waals surface area contributed by atoms with Crippen LogP contribution in [0.3, 0.4) is 0 Å². The number of hydrogen-bond acceptors (Lipinski definition) is 6. The summed E-state index contributed by atoms with van der Waals surface area (Å²) in [5.74, 6) is 1.80. The van der Waals surface area contributed by atoms with Crippen molar-refractivity contribution in [2.24, 2.45) is 5.92 Å². The Kier molecular flexibility index (Phi) is 7.06. The third-order valence-electron chi connectivity index (χ3n) is 2.44. The lowest BCUT2D eigenvalue weighted by Crippen LogP contribution is -2.36. The quantitative estimate of drug-likeness (QED) is 0.492. The lowest BCUT2D eigenvalue weighted by molar-refractivity contribution is -0.140. The third-order valence-corrected chi connectivity index (χ3v) is 3.42. The van der Waals surface area contributed by atoms with Crippen LogP contribution in [0.4, 0.5) is 0 Å². The van der Waals surface area contributed by atoms with Crippen molar-refractivity contribution in [2.75, 3.05) is 5.75 Å².